The van der Waals surface area contributed by atoms with Gasteiger partial charge in [0, 0.05) is 6.04 Å². The smallest absolute Gasteiger partial charge is 0.0229 e. The van der Waals surface area contributed by atoms with Crippen LogP contribution < -0.4 is 5.73 Å². The molecule has 1 aliphatic rings. The summed E-state index contributed by atoms with van der Waals surface area (Å²) in [6, 6.07) is 9.22. The van der Waals surface area contributed by atoms with Crippen LogP contribution in [-0.2, 0) is 5.41 Å². The molecule has 0 bridgehead atoms. The van der Waals surface area contributed by atoms with E-state index in [-0.39, 0.29) is 11.5 Å². The summed E-state index contributed by atoms with van der Waals surface area (Å²) in [6.45, 7) is 6.74. The monoisotopic (exact) mass is 229 g/mol. The molecule has 17 heavy (non-hydrogen) atoms. The molecule has 0 heterocycles. The Hall–Kier alpha value is -1.08. The van der Waals surface area contributed by atoms with E-state index in [1.54, 1.807) is 0 Å². The van der Waals surface area contributed by atoms with Gasteiger partial charge in [-0.2, -0.15) is 0 Å². The molecule has 1 unspecified atom stereocenters. The predicted molar refractivity (Wildman–Crippen MR) is 74.9 cm³/mol. The number of benzene rings is 1. The van der Waals surface area contributed by atoms with Gasteiger partial charge >= 0.3 is 0 Å². The van der Waals surface area contributed by atoms with Crippen LogP contribution in [0.1, 0.15) is 51.2 Å². The number of hydrogen-bond donors (Lipinski definition) is 1. The molecule has 2 N–H and O–H groups in total. The quantitative estimate of drug-likeness (QED) is 0.777. The summed E-state index contributed by atoms with van der Waals surface area (Å²) in [5, 5.41) is 0. The van der Waals surface area contributed by atoms with Gasteiger partial charge < -0.3 is 5.73 Å². The SMILES string of the molecule is CC(C)(C)c1ccc(C2=CC(N)CCC2)cc1. The zero-order chi connectivity index (χ0) is 12.5. The summed E-state index contributed by atoms with van der Waals surface area (Å²) in [5.74, 6) is 0. The molecule has 0 radical (unpaired) electrons. The fraction of sp³-hybridized carbons (Fsp3) is 0.500. The summed E-state index contributed by atoms with van der Waals surface area (Å²) < 4.78 is 0. The Balaban J connectivity index is 2.24. The minimum atomic E-state index is 0.232. The Bertz CT molecular complexity index is 406. The van der Waals surface area contributed by atoms with Gasteiger partial charge in [-0.15, -0.1) is 0 Å². The lowest BCUT2D eigenvalue weighted by Crippen LogP contribution is -2.20. The van der Waals surface area contributed by atoms with Crippen LogP contribution in [-0.4, -0.2) is 6.04 Å². The maximum Gasteiger partial charge on any atom is 0.0229 e. The molecule has 0 saturated heterocycles. The molecule has 1 heteroatoms. The summed E-state index contributed by atoms with van der Waals surface area (Å²) in [6.07, 6.45) is 5.75. The minimum absolute atomic E-state index is 0.232. The molecule has 1 aliphatic carbocycles. The van der Waals surface area contributed by atoms with Crippen molar-refractivity contribution in [3.8, 4) is 0 Å². The summed E-state index contributed by atoms with van der Waals surface area (Å²) in [7, 11) is 0. The Morgan fingerprint density at radius 1 is 1.12 bits per heavy atom. The Kier molecular flexibility index (Phi) is 3.39. The third kappa shape index (κ3) is 2.98. The highest BCUT2D eigenvalue weighted by molar-refractivity contribution is 5.67. The van der Waals surface area contributed by atoms with Crippen molar-refractivity contribution >= 4 is 5.57 Å². The average molecular weight is 229 g/mol. The summed E-state index contributed by atoms with van der Waals surface area (Å²) in [4.78, 5) is 0. The van der Waals surface area contributed by atoms with Crippen LogP contribution in [0.25, 0.3) is 5.57 Å². The van der Waals surface area contributed by atoms with Gasteiger partial charge in [0.1, 0.15) is 0 Å². The molecule has 2 rings (SSSR count). The largest absolute Gasteiger partial charge is 0.324 e. The second-order valence-corrected chi connectivity index (χ2v) is 6.08. The molecule has 0 saturated carbocycles. The van der Waals surface area contributed by atoms with E-state index >= 15 is 0 Å². The Morgan fingerprint density at radius 2 is 1.76 bits per heavy atom. The first kappa shape index (κ1) is 12.4. The van der Waals surface area contributed by atoms with Gasteiger partial charge in [0.2, 0.25) is 0 Å². The first-order valence-electron chi connectivity index (χ1n) is 6.54. The van der Waals surface area contributed by atoms with E-state index < -0.39 is 0 Å². The molecule has 1 aromatic rings. The van der Waals surface area contributed by atoms with Gasteiger partial charge in [0.25, 0.3) is 0 Å². The molecular formula is C16H23N. The molecule has 0 aromatic heterocycles. The molecular weight excluding hydrogens is 206 g/mol. The van der Waals surface area contributed by atoms with Crippen molar-refractivity contribution < 1.29 is 0 Å². The van der Waals surface area contributed by atoms with E-state index in [2.05, 4.69) is 51.1 Å². The van der Waals surface area contributed by atoms with Crippen LogP contribution in [0.15, 0.2) is 30.3 Å². The third-order valence-electron chi connectivity index (χ3n) is 3.52. The zero-order valence-corrected chi connectivity index (χ0v) is 11.2. The molecule has 1 nitrogen and oxygen atoms in total. The first-order valence-corrected chi connectivity index (χ1v) is 6.54. The lowest BCUT2D eigenvalue weighted by atomic mass is 9.85. The van der Waals surface area contributed by atoms with E-state index in [0.29, 0.717) is 0 Å². The maximum absolute atomic E-state index is 5.99. The molecule has 0 aliphatic heterocycles. The van der Waals surface area contributed by atoms with Crippen LogP contribution in [0.2, 0.25) is 0 Å². The van der Waals surface area contributed by atoms with Crippen molar-refractivity contribution in [2.24, 2.45) is 5.73 Å². The van der Waals surface area contributed by atoms with Crippen molar-refractivity contribution in [2.45, 2.75) is 51.5 Å². The fourth-order valence-corrected chi connectivity index (χ4v) is 2.38. The van der Waals surface area contributed by atoms with Crippen LogP contribution in [0.5, 0.6) is 0 Å². The average Bonchev–Trinajstić information content (AvgIpc) is 2.28. The lowest BCUT2D eigenvalue weighted by Gasteiger charge is -2.21. The highest BCUT2D eigenvalue weighted by Crippen LogP contribution is 2.28. The zero-order valence-electron chi connectivity index (χ0n) is 11.2. The van der Waals surface area contributed by atoms with Crippen LogP contribution in [0.4, 0.5) is 0 Å². The summed E-state index contributed by atoms with van der Waals surface area (Å²) in [5.41, 5.74) is 10.4. The van der Waals surface area contributed by atoms with Gasteiger partial charge in [0.05, 0.1) is 0 Å². The second-order valence-electron chi connectivity index (χ2n) is 6.08. The van der Waals surface area contributed by atoms with Crippen molar-refractivity contribution in [1.82, 2.24) is 0 Å². The van der Waals surface area contributed by atoms with E-state index in [0.717, 1.165) is 6.42 Å². The Labute approximate surface area is 105 Å². The molecule has 1 atom stereocenters. The number of hydrogen-bond acceptors (Lipinski definition) is 1. The number of allylic oxidation sites excluding steroid dienone is 1. The third-order valence-corrected chi connectivity index (χ3v) is 3.52. The van der Waals surface area contributed by atoms with Crippen molar-refractivity contribution in [3.63, 3.8) is 0 Å². The molecule has 92 valence electrons. The predicted octanol–water partition coefficient (Wildman–Crippen LogP) is 3.88. The van der Waals surface area contributed by atoms with E-state index in [9.17, 15) is 0 Å². The van der Waals surface area contributed by atoms with Gasteiger partial charge in [-0.25, -0.2) is 0 Å². The van der Waals surface area contributed by atoms with Gasteiger partial charge in [-0.05, 0) is 41.4 Å². The van der Waals surface area contributed by atoms with Gasteiger partial charge in [-0.3, -0.25) is 0 Å². The maximum atomic E-state index is 5.99. The molecule has 0 spiro atoms. The number of rotatable bonds is 1. The standard InChI is InChI=1S/C16H23N/c1-16(2,3)14-9-7-12(8-10-14)13-5-4-6-15(17)11-13/h7-11,15H,4-6,17H2,1-3H3. The topological polar surface area (TPSA) is 26.0 Å². The van der Waals surface area contributed by atoms with Crippen LogP contribution in [0.3, 0.4) is 0 Å². The summed E-state index contributed by atoms with van der Waals surface area (Å²) >= 11 is 0. The molecule has 0 amide bonds. The van der Waals surface area contributed by atoms with Gasteiger partial charge in [0.15, 0.2) is 0 Å². The van der Waals surface area contributed by atoms with E-state index in [1.165, 1.54) is 29.5 Å². The van der Waals surface area contributed by atoms with Crippen molar-refractivity contribution in [1.29, 1.82) is 0 Å². The highest BCUT2D eigenvalue weighted by atomic mass is 14.6. The van der Waals surface area contributed by atoms with E-state index in [4.69, 9.17) is 5.73 Å². The highest BCUT2D eigenvalue weighted by Gasteiger charge is 2.15. The number of nitrogens with two attached hydrogens (primary N) is 1. The lowest BCUT2D eigenvalue weighted by molar-refractivity contribution is 0.590. The van der Waals surface area contributed by atoms with Crippen LogP contribution in [0, 0.1) is 0 Å². The Morgan fingerprint density at radius 3 is 2.29 bits per heavy atom. The molecule has 0 fully saturated rings. The van der Waals surface area contributed by atoms with Crippen molar-refractivity contribution in [2.75, 3.05) is 0 Å². The fourth-order valence-electron chi connectivity index (χ4n) is 2.38. The van der Waals surface area contributed by atoms with Crippen molar-refractivity contribution in [3.05, 3.63) is 41.5 Å². The first-order chi connectivity index (χ1) is 7.97. The van der Waals surface area contributed by atoms with Gasteiger partial charge in [-0.1, -0.05) is 51.1 Å². The van der Waals surface area contributed by atoms with E-state index in [1.807, 2.05) is 0 Å². The molecule has 1 aromatic carbocycles. The normalized spacial score (nSPS) is 21.2. The van der Waals surface area contributed by atoms with Crippen LogP contribution >= 0.6 is 0 Å². The minimum Gasteiger partial charge on any atom is -0.324 e. The second kappa shape index (κ2) is 4.66.